The summed E-state index contributed by atoms with van der Waals surface area (Å²) in [5.41, 5.74) is 0.549. The van der Waals surface area contributed by atoms with Gasteiger partial charge in [0.15, 0.2) is 6.61 Å². The van der Waals surface area contributed by atoms with E-state index >= 15 is 0 Å². The van der Waals surface area contributed by atoms with Crippen molar-refractivity contribution in [3.05, 3.63) is 58.8 Å². The Bertz CT molecular complexity index is 1030. The van der Waals surface area contributed by atoms with E-state index in [2.05, 4.69) is 21.2 Å². The van der Waals surface area contributed by atoms with Crippen molar-refractivity contribution in [1.82, 2.24) is 4.31 Å². The number of hydrogen-bond donors (Lipinski definition) is 1. The van der Waals surface area contributed by atoms with Crippen LogP contribution in [0, 0.1) is 11.7 Å². The molecule has 0 radical (unpaired) electrons. The van der Waals surface area contributed by atoms with E-state index in [4.69, 9.17) is 4.74 Å². The van der Waals surface area contributed by atoms with E-state index in [1.807, 2.05) is 0 Å². The van der Waals surface area contributed by atoms with E-state index in [-0.39, 0.29) is 18.0 Å². The van der Waals surface area contributed by atoms with E-state index in [9.17, 15) is 22.4 Å². The molecular formula is C20H20BrFN2O5S. The fraction of sp³-hybridized carbons (Fsp3) is 0.300. The Morgan fingerprint density at radius 3 is 2.57 bits per heavy atom. The lowest BCUT2D eigenvalue weighted by Crippen LogP contribution is -2.43. The summed E-state index contributed by atoms with van der Waals surface area (Å²) in [7, 11) is -3.85. The summed E-state index contributed by atoms with van der Waals surface area (Å²) >= 11 is 3.31. The maximum Gasteiger partial charge on any atom is 0.310 e. The molecule has 1 aliphatic rings. The molecule has 0 saturated carbocycles. The molecule has 0 aromatic heterocycles. The highest BCUT2D eigenvalue weighted by atomic mass is 79.9. The third kappa shape index (κ3) is 5.44. The lowest BCUT2D eigenvalue weighted by Gasteiger charge is -2.30. The number of nitrogens with one attached hydrogen (secondary N) is 1. The summed E-state index contributed by atoms with van der Waals surface area (Å²) in [6, 6.07) is 11.6. The third-order valence-corrected chi connectivity index (χ3v) is 7.23. The molecule has 1 N–H and O–H groups in total. The maximum atomic E-state index is 13.1. The number of benzene rings is 2. The number of amides is 1. The fourth-order valence-electron chi connectivity index (χ4n) is 3.11. The Hall–Kier alpha value is -2.30. The van der Waals surface area contributed by atoms with Gasteiger partial charge in [0, 0.05) is 17.6 Å². The van der Waals surface area contributed by atoms with E-state index in [0.29, 0.717) is 23.0 Å². The number of halogens is 2. The zero-order valence-corrected chi connectivity index (χ0v) is 18.3. The monoisotopic (exact) mass is 498 g/mol. The molecule has 0 spiro atoms. The number of esters is 1. The van der Waals surface area contributed by atoms with Crippen molar-refractivity contribution in [2.24, 2.45) is 5.92 Å². The Morgan fingerprint density at radius 1 is 1.17 bits per heavy atom. The number of sulfonamides is 1. The second-order valence-electron chi connectivity index (χ2n) is 6.79. The molecule has 1 unspecified atom stereocenters. The number of anilines is 1. The molecule has 30 heavy (non-hydrogen) atoms. The summed E-state index contributed by atoms with van der Waals surface area (Å²) in [5, 5.41) is 2.63. The molecular weight excluding hydrogens is 479 g/mol. The number of carbonyl (C=O) groups is 2. The van der Waals surface area contributed by atoms with Crippen LogP contribution in [0.15, 0.2) is 57.9 Å². The number of para-hydroxylation sites is 1. The Kier molecular flexibility index (Phi) is 7.22. The first-order valence-electron chi connectivity index (χ1n) is 9.24. The van der Waals surface area contributed by atoms with Crippen molar-refractivity contribution in [3.63, 3.8) is 0 Å². The summed E-state index contributed by atoms with van der Waals surface area (Å²) < 4.78 is 45.6. The highest BCUT2D eigenvalue weighted by molar-refractivity contribution is 9.10. The van der Waals surface area contributed by atoms with Gasteiger partial charge in [-0.1, -0.05) is 12.1 Å². The normalized spacial score (nSPS) is 17.3. The predicted octanol–water partition coefficient (Wildman–Crippen LogP) is 3.17. The van der Waals surface area contributed by atoms with Crippen LogP contribution in [0.3, 0.4) is 0 Å². The quantitative estimate of drug-likeness (QED) is 0.617. The van der Waals surface area contributed by atoms with Gasteiger partial charge in [-0.3, -0.25) is 9.59 Å². The van der Waals surface area contributed by atoms with Crippen molar-refractivity contribution in [3.8, 4) is 0 Å². The highest BCUT2D eigenvalue weighted by Crippen LogP contribution is 2.25. The minimum absolute atomic E-state index is 0.0364. The Morgan fingerprint density at radius 2 is 1.87 bits per heavy atom. The average molecular weight is 499 g/mol. The van der Waals surface area contributed by atoms with Gasteiger partial charge in [0.1, 0.15) is 5.82 Å². The summed E-state index contributed by atoms with van der Waals surface area (Å²) in [4.78, 5) is 24.4. The maximum absolute atomic E-state index is 13.1. The minimum atomic E-state index is -3.85. The molecule has 1 saturated heterocycles. The third-order valence-electron chi connectivity index (χ3n) is 4.66. The number of hydrogen-bond acceptors (Lipinski definition) is 5. The van der Waals surface area contributed by atoms with Crippen molar-refractivity contribution < 1.29 is 27.1 Å². The molecule has 2 aromatic carbocycles. The summed E-state index contributed by atoms with van der Waals surface area (Å²) in [6.45, 7) is -0.266. The Balaban J connectivity index is 1.57. The van der Waals surface area contributed by atoms with Crippen LogP contribution in [0.5, 0.6) is 0 Å². The largest absolute Gasteiger partial charge is 0.455 e. The van der Waals surface area contributed by atoms with Crippen LogP contribution < -0.4 is 5.32 Å². The lowest BCUT2D eigenvalue weighted by atomic mass is 10.00. The number of nitrogens with zero attached hydrogens (tertiary/aromatic N) is 1. The van der Waals surface area contributed by atoms with Crippen LogP contribution in [0.4, 0.5) is 10.1 Å². The molecule has 0 aliphatic carbocycles. The molecule has 0 bridgehead atoms. The van der Waals surface area contributed by atoms with Crippen molar-refractivity contribution in [2.45, 2.75) is 17.7 Å². The van der Waals surface area contributed by atoms with Gasteiger partial charge < -0.3 is 10.1 Å². The van der Waals surface area contributed by atoms with Gasteiger partial charge >= 0.3 is 5.97 Å². The second kappa shape index (κ2) is 9.67. The number of piperidine rings is 1. The van der Waals surface area contributed by atoms with Gasteiger partial charge in [0.2, 0.25) is 10.0 Å². The molecule has 1 fully saturated rings. The van der Waals surface area contributed by atoms with Crippen molar-refractivity contribution >= 4 is 43.5 Å². The number of carbonyl (C=O) groups excluding carboxylic acids is 2. The standard InChI is InChI=1S/C20H20BrFN2O5S/c21-17-5-1-2-6-18(17)23-19(25)13-29-20(26)14-4-3-11-24(12-14)30(27,28)16-9-7-15(22)8-10-16/h1-2,5-10,14H,3-4,11-13H2,(H,23,25). The van der Waals surface area contributed by atoms with Crippen LogP contribution in [0.1, 0.15) is 12.8 Å². The molecule has 1 aliphatic heterocycles. The SMILES string of the molecule is O=C(COC(=O)C1CCCN(S(=O)(=O)c2ccc(F)cc2)C1)Nc1ccccc1Br. The predicted molar refractivity (Wildman–Crippen MR) is 112 cm³/mol. The molecule has 7 nitrogen and oxygen atoms in total. The average Bonchev–Trinajstić information content (AvgIpc) is 2.74. The van der Waals surface area contributed by atoms with Crippen LogP contribution in [0.2, 0.25) is 0 Å². The number of rotatable bonds is 6. The molecule has 10 heteroatoms. The fourth-order valence-corrected chi connectivity index (χ4v) is 5.02. The smallest absolute Gasteiger partial charge is 0.310 e. The van der Waals surface area contributed by atoms with Gasteiger partial charge in [0.05, 0.1) is 16.5 Å². The van der Waals surface area contributed by atoms with Crippen molar-refractivity contribution in [1.29, 1.82) is 0 Å². The molecule has 2 aromatic rings. The second-order valence-corrected chi connectivity index (χ2v) is 9.58. The molecule has 3 rings (SSSR count). The molecule has 1 heterocycles. The Labute approximate surface area is 182 Å². The van der Waals surface area contributed by atoms with E-state index < -0.39 is 40.2 Å². The van der Waals surface area contributed by atoms with Crippen LogP contribution in [0.25, 0.3) is 0 Å². The van der Waals surface area contributed by atoms with Gasteiger partial charge in [-0.05, 0) is 65.2 Å². The van der Waals surface area contributed by atoms with Gasteiger partial charge in [-0.15, -0.1) is 0 Å². The highest BCUT2D eigenvalue weighted by Gasteiger charge is 2.34. The zero-order valence-electron chi connectivity index (χ0n) is 15.9. The number of ether oxygens (including phenoxy) is 1. The van der Waals surface area contributed by atoms with E-state index in [1.54, 1.807) is 24.3 Å². The first kappa shape index (κ1) is 22.4. The van der Waals surface area contributed by atoms with Gasteiger partial charge in [0.25, 0.3) is 5.91 Å². The lowest BCUT2D eigenvalue weighted by molar-refractivity contribution is -0.152. The van der Waals surface area contributed by atoms with Crippen LogP contribution in [-0.4, -0.2) is 44.3 Å². The molecule has 1 amide bonds. The van der Waals surface area contributed by atoms with E-state index in [0.717, 1.165) is 12.1 Å². The van der Waals surface area contributed by atoms with Crippen LogP contribution >= 0.6 is 15.9 Å². The first-order valence-corrected chi connectivity index (χ1v) is 11.5. The van der Waals surface area contributed by atoms with E-state index in [1.165, 1.54) is 16.4 Å². The van der Waals surface area contributed by atoms with Crippen LogP contribution in [-0.2, 0) is 24.3 Å². The first-order chi connectivity index (χ1) is 14.3. The van der Waals surface area contributed by atoms with Crippen molar-refractivity contribution in [2.75, 3.05) is 25.0 Å². The minimum Gasteiger partial charge on any atom is -0.455 e. The topological polar surface area (TPSA) is 92.8 Å². The molecule has 1 atom stereocenters. The van der Waals surface area contributed by atoms with Gasteiger partial charge in [-0.2, -0.15) is 4.31 Å². The molecule has 160 valence electrons. The van der Waals surface area contributed by atoms with Gasteiger partial charge in [-0.25, -0.2) is 12.8 Å². The zero-order chi connectivity index (χ0) is 21.7. The summed E-state index contributed by atoms with van der Waals surface area (Å²) in [5.74, 6) is -2.33. The summed E-state index contributed by atoms with van der Waals surface area (Å²) in [6.07, 6.45) is 0.934.